The van der Waals surface area contributed by atoms with Crippen molar-refractivity contribution in [3.63, 3.8) is 0 Å². The monoisotopic (exact) mass is 366 g/mol. The van der Waals surface area contributed by atoms with Crippen molar-refractivity contribution in [2.75, 3.05) is 64.1 Å². The molecule has 5 nitrogen and oxygen atoms in total. The first-order valence-electron chi connectivity index (χ1n) is 9.30. The Balaban J connectivity index is 1.49. The molecular weight excluding hydrogens is 336 g/mol. The highest BCUT2D eigenvalue weighted by Gasteiger charge is 2.17. The van der Waals surface area contributed by atoms with Gasteiger partial charge in [-0.05, 0) is 12.5 Å². The van der Waals surface area contributed by atoms with Gasteiger partial charge in [-0.15, -0.1) is 0 Å². The SMILES string of the molecule is O[C@H](COc1ccccc1CN1CCCOCC1)CN1CCSCC1. The van der Waals surface area contributed by atoms with Gasteiger partial charge in [0.25, 0.3) is 0 Å². The molecule has 0 bridgehead atoms. The molecule has 3 rings (SSSR count). The average Bonchev–Trinajstić information content (AvgIpc) is 2.90. The summed E-state index contributed by atoms with van der Waals surface area (Å²) in [6.45, 7) is 7.74. The van der Waals surface area contributed by atoms with Crippen LogP contribution in [0.15, 0.2) is 24.3 Å². The Morgan fingerprint density at radius 2 is 1.92 bits per heavy atom. The normalized spacial score (nSPS) is 21.6. The number of hydrogen-bond donors (Lipinski definition) is 1. The van der Waals surface area contributed by atoms with Crippen LogP contribution in [-0.4, -0.2) is 85.1 Å². The summed E-state index contributed by atoms with van der Waals surface area (Å²) in [5, 5.41) is 10.3. The Morgan fingerprint density at radius 1 is 1.08 bits per heavy atom. The molecule has 140 valence electrons. The van der Waals surface area contributed by atoms with Gasteiger partial charge in [0, 0.05) is 62.9 Å². The van der Waals surface area contributed by atoms with Gasteiger partial charge >= 0.3 is 0 Å². The summed E-state index contributed by atoms with van der Waals surface area (Å²) >= 11 is 1.99. The Kier molecular flexibility index (Phi) is 7.88. The van der Waals surface area contributed by atoms with Crippen molar-refractivity contribution in [2.24, 2.45) is 0 Å². The largest absolute Gasteiger partial charge is 0.491 e. The van der Waals surface area contributed by atoms with E-state index in [1.54, 1.807) is 0 Å². The van der Waals surface area contributed by atoms with Crippen LogP contribution in [0.4, 0.5) is 0 Å². The summed E-state index contributed by atoms with van der Waals surface area (Å²) in [7, 11) is 0. The second kappa shape index (κ2) is 10.4. The minimum absolute atomic E-state index is 0.351. The predicted molar refractivity (Wildman–Crippen MR) is 102 cm³/mol. The van der Waals surface area contributed by atoms with Gasteiger partial charge in [-0.25, -0.2) is 0 Å². The van der Waals surface area contributed by atoms with Crippen molar-refractivity contribution in [2.45, 2.75) is 19.1 Å². The number of ether oxygens (including phenoxy) is 2. The van der Waals surface area contributed by atoms with Crippen LogP contribution in [0.3, 0.4) is 0 Å². The molecule has 0 aromatic heterocycles. The Bertz CT molecular complexity index is 503. The van der Waals surface area contributed by atoms with E-state index in [9.17, 15) is 5.11 Å². The number of nitrogens with zero attached hydrogens (tertiary/aromatic N) is 2. The second-order valence-corrected chi connectivity index (χ2v) is 7.95. The van der Waals surface area contributed by atoms with Crippen molar-refractivity contribution in [3.8, 4) is 5.75 Å². The fraction of sp³-hybridized carbons (Fsp3) is 0.684. The quantitative estimate of drug-likeness (QED) is 0.792. The lowest BCUT2D eigenvalue weighted by Gasteiger charge is -2.28. The van der Waals surface area contributed by atoms with Gasteiger partial charge in [0.2, 0.25) is 0 Å². The van der Waals surface area contributed by atoms with Gasteiger partial charge in [-0.1, -0.05) is 18.2 Å². The number of aliphatic hydroxyl groups is 1. The van der Waals surface area contributed by atoms with E-state index in [1.165, 1.54) is 5.56 Å². The van der Waals surface area contributed by atoms with Crippen LogP contribution in [0, 0.1) is 0 Å². The molecule has 0 saturated carbocycles. The zero-order valence-corrected chi connectivity index (χ0v) is 15.8. The lowest BCUT2D eigenvalue weighted by Crippen LogP contribution is -2.40. The van der Waals surface area contributed by atoms with E-state index in [4.69, 9.17) is 9.47 Å². The number of β-amino-alcohol motifs (C(OH)–C–C–N with tert-alkyl or cyclic N) is 1. The summed E-state index contributed by atoms with van der Waals surface area (Å²) < 4.78 is 11.5. The lowest BCUT2D eigenvalue weighted by atomic mass is 10.2. The third-order valence-electron chi connectivity index (χ3n) is 4.69. The summed E-state index contributed by atoms with van der Waals surface area (Å²) in [6.07, 6.45) is 0.637. The molecule has 2 saturated heterocycles. The lowest BCUT2D eigenvalue weighted by molar-refractivity contribution is 0.0708. The second-order valence-electron chi connectivity index (χ2n) is 6.73. The van der Waals surface area contributed by atoms with E-state index in [0.717, 1.165) is 69.6 Å². The van der Waals surface area contributed by atoms with Gasteiger partial charge in [-0.2, -0.15) is 11.8 Å². The molecule has 1 atom stereocenters. The van der Waals surface area contributed by atoms with Crippen LogP contribution in [0.1, 0.15) is 12.0 Å². The van der Waals surface area contributed by atoms with Gasteiger partial charge in [0.05, 0.1) is 6.61 Å². The van der Waals surface area contributed by atoms with Crippen LogP contribution >= 0.6 is 11.8 Å². The highest BCUT2D eigenvalue weighted by atomic mass is 32.2. The van der Waals surface area contributed by atoms with Crippen molar-refractivity contribution in [1.29, 1.82) is 0 Å². The van der Waals surface area contributed by atoms with E-state index < -0.39 is 6.10 Å². The Hall–Kier alpha value is -0.790. The molecule has 6 heteroatoms. The fourth-order valence-electron chi connectivity index (χ4n) is 3.29. The molecule has 0 radical (unpaired) electrons. The van der Waals surface area contributed by atoms with Crippen LogP contribution < -0.4 is 4.74 Å². The Labute approximate surface area is 155 Å². The van der Waals surface area contributed by atoms with Gasteiger partial charge in [0.1, 0.15) is 18.5 Å². The van der Waals surface area contributed by atoms with Gasteiger partial charge in [-0.3, -0.25) is 9.80 Å². The molecule has 1 N–H and O–H groups in total. The molecule has 2 fully saturated rings. The van der Waals surface area contributed by atoms with Crippen LogP contribution in [-0.2, 0) is 11.3 Å². The zero-order chi connectivity index (χ0) is 17.3. The molecule has 0 aliphatic carbocycles. The molecule has 0 amide bonds. The van der Waals surface area contributed by atoms with E-state index >= 15 is 0 Å². The van der Waals surface area contributed by atoms with Gasteiger partial charge in [0.15, 0.2) is 0 Å². The summed E-state index contributed by atoms with van der Waals surface area (Å²) in [4.78, 5) is 4.74. The highest BCUT2D eigenvalue weighted by molar-refractivity contribution is 7.99. The average molecular weight is 367 g/mol. The van der Waals surface area contributed by atoms with Crippen molar-refractivity contribution in [3.05, 3.63) is 29.8 Å². The van der Waals surface area contributed by atoms with Crippen molar-refractivity contribution in [1.82, 2.24) is 9.80 Å². The molecule has 1 aromatic rings. The minimum atomic E-state index is -0.442. The molecule has 2 aliphatic rings. The summed E-state index contributed by atoms with van der Waals surface area (Å²) in [6, 6.07) is 8.18. The van der Waals surface area contributed by atoms with Crippen LogP contribution in [0.5, 0.6) is 5.75 Å². The maximum atomic E-state index is 10.3. The molecule has 2 aliphatic heterocycles. The number of hydrogen-bond acceptors (Lipinski definition) is 6. The maximum Gasteiger partial charge on any atom is 0.123 e. The van der Waals surface area contributed by atoms with E-state index in [2.05, 4.69) is 21.9 Å². The first-order chi connectivity index (χ1) is 12.3. The topological polar surface area (TPSA) is 45.2 Å². The first-order valence-corrected chi connectivity index (χ1v) is 10.5. The summed E-state index contributed by atoms with van der Waals surface area (Å²) in [5.41, 5.74) is 1.19. The third-order valence-corrected chi connectivity index (χ3v) is 5.63. The molecule has 1 aromatic carbocycles. The van der Waals surface area contributed by atoms with Crippen molar-refractivity contribution < 1.29 is 14.6 Å². The molecule has 2 heterocycles. The standard InChI is InChI=1S/C19H30N2O3S/c22-18(15-21-8-12-25-13-9-21)16-24-19-5-2-1-4-17(19)14-20-6-3-10-23-11-7-20/h1-2,4-5,18,22H,3,6-16H2/t18-/m0/s1. The zero-order valence-electron chi connectivity index (χ0n) is 14.9. The molecule has 0 unspecified atom stereocenters. The number of thioether (sulfide) groups is 1. The number of aliphatic hydroxyl groups excluding tert-OH is 1. The predicted octanol–water partition coefficient (Wildman–Crippen LogP) is 1.70. The maximum absolute atomic E-state index is 10.3. The molecule has 0 spiro atoms. The highest BCUT2D eigenvalue weighted by Crippen LogP contribution is 2.21. The van der Waals surface area contributed by atoms with Gasteiger partial charge < -0.3 is 14.6 Å². The smallest absolute Gasteiger partial charge is 0.123 e. The number of benzene rings is 1. The summed E-state index contributed by atoms with van der Waals surface area (Å²) in [5.74, 6) is 3.22. The Morgan fingerprint density at radius 3 is 2.80 bits per heavy atom. The molecule has 25 heavy (non-hydrogen) atoms. The number of para-hydroxylation sites is 1. The van der Waals surface area contributed by atoms with Crippen molar-refractivity contribution >= 4 is 11.8 Å². The number of rotatable bonds is 7. The first kappa shape index (κ1) is 19.0. The molecular formula is C19H30N2O3S. The van der Waals surface area contributed by atoms with E-state index in [1.807, 2.05) is 23.9 Å². The minimum Gasteiger partial charge on any atom is -0.491 e. The van der Waals surface area contributed by atoms with Crippen LogP contribution in [0.25, 0.3) is 0 Å². The van der Waals surface area contributed by atoms with Crippen LogP contribution in [0.2, 0.25) is 0 Å². The van der Waals surface area contributed by atoms with E-state index in [-0.39, 0.29) is 0 Å². The third kappa shape index (κ3) is 6.46. The van der Waals surface area contributed by atoms with E-state index in [0.29, 0.717) is 13.2 Å². The fourth-order valence-corrected chi connectivity index (χ4v) is 4.27.